The third kappa shape index (κ3) is 3.50. The third-order valence-electron chi connectivity index (χ3n) is 4.73. The molecule has 0 radical (unpaired) electrons. The molecule has 0 aliphatic carbocycles. The smallest absolute Gasteiger partial charge is 0.306 e. The lowest BCUT2D eigenvalue weighted by molar-refractivity contribution is -0.143. The van der Waals surface area contributed by atoms with Crippen molar-refractivity contribution in [3.63, 3.8) is 0 Å². The number of carbonyl (C=O) groups excluding carboxylic acids is 1. The predicted molar refractivity (Wildman–Crippen MR) is 102 cm³/mol. The van der Waals surface area contributed by atoms with Gasteiger partial charge in [0.05, 0.1) is 17.9 Å². The highest BCUT2D eigenvalue weighted by molar-refractivity contribution is 7.17. The van der Waals surface area contributed by atoms with E-state index >= 15 is 0 Å². The summed E-state index contributed by atoms with van der Waals surface area (Å²) in [6, 6.07) is 13.2. The van der Waals surface area contributed by atoms with Crippen LogP contribution in [0.4, 0.5) is 0 Å². The Morgan fingerprint density at radius 3 is 2.48 bits per heavy atom. The van der Waals surface area contributed by atoms with Crippen LogP contribution >= 0.6 is 11.3 Å². The Balaban J connectivity index is 1.67. The Hall–Kier alpha value is -2.93. The molecule has 1 fully saturated rings. The van der Waals surface area contributed by atoms with Crippen molar-refractivity contribution in [1.29, 1.82) is 0 Å². The number of hydrogen-bond acceptors (Lipinski definition) is 5. The van der Waals surface area contributed by atoms with Gasteiger partial charge in [0.2, 0.25) is 0 Å². The second-order valence-electron chi connectivity index (χ2n) is 6.44. The quantitative estimate of drug-likeness (QED) is 0.737. The molecule has 6 nitrogen and oxygen atoms in total. The number of nitrogens with zero attached hydrogens (tertiary/aromatic N) is 2. The van der Waals surface area contributed by atoms with E-state index in [0.717, 1.165) is 5.56 Å². The molecule has 3 heterocycles. The Kier molecular flexibility index (Phi) is 4.77. The van der Waals surface area contributed by atoms with Crippen molar-refractivity contribution < 1.29 is 19.1 Å². The summed E-state index contributed by atoms with van der Waals surface area (Å²) in [5.74, 6) is -0.637. The number of aliphatic carboxylic acids is 1. The highest BCUT2D eigenvalue weighted by Crippen LogP contribution is 2.35. The number of thiazole rings is 1. The molecular formula is C20H18N2O4S. The van der Waals surface area contributed by atoms with Crippen LogP contribution in [0.1, 0.15) is 22.5 Å². The molecule has 4 rings (SSSR count). The zero-order valence-corrected chi connectivity index (χ0v) is 15.3. The number of hydrogen-bond donors (Lipinski definition) is 1. The summed E-state index contributed by atoms with van der Waals surface area (Å²) in [4.78, 5) is 31.3. The number of likely N-dealkylation sites (tertiary alicyclic amines) is 1. The zero-order valence-electron chi connectivity index (χ0n) is 14.5. The van der Waals surface area contributed by atoms with E-state index in [4.69, 9.17) is 9.52 Å². The molecule has 1 aliphatic rings. The number of benzene rings is 1. The standard InChI is InChI=1S/C20H18N2O4S/c23-19(22-10-8-14(9-11-22)20(24)25)17-16(13-5-2-1-3-6-13)21-18(27-17)15-7-4-12-26-15/h1-7,12,14H,8-11H2,(H,24,25). The first-order valence-corrected chi connectivity index (χ1v) is 9.57. The predicted octanol–water partition coefficient (Wildman–Crippen LogP) is 4.01. The van der Waals surface area contributed by atoms with E-state index < -0.39 is 5.97 Å². The van der Waals surface area contributed by atoms with Crippen LogP contribution in [0.3, 0.4) is 0 Å². The Morgan fingerprint density at radius 1 is 1.11 bits per heavy atom. The van der Waals surface area contributed by atoms with Gasteiger partial charge in [0.1, 0.15) is 4.88 Å². The zero-order chi connectivity index (χ0) is 18.8. The molecule has 3 aromatic rings. The van der Waals surface area contributed by atoms with Gasteiger partial charge < -0.3 is 14.4 Å². The normalized spacial score (nSPS) is 15.0. The maximum absolute atomic E-state index is 13.2. The molecule has 0 atom stereocenters. The fourth-order valence-corrected chi connectivity index (χ4v) is 4.26. The number of amides is 1. The van der Waals surface area contributed by atoms with Gasteiger partial charge in [-0.2, -0.15) is 0 Å². The van der Waals surface area contributed by atoms with Gasteiger partial charge in [0, 0.05) is 18.7 Å². The monoisotopic (exact) mass is 382 g/mol. The van der Waals surface area contributed by atoms with Crippen molar-refractivity contribution in [3.05, 3.63) is 53.6 Å². The summed E-state index contributed by atoms with van der Waals surface area (Å²) in [6.45, 7) is 0.885. The van der Waals surface area contributed by atoms with Crippen LogP contribution in [-0.4, -0.2) is 40.0 Å². The van der Waals surface area contributed by atoms with Crippen molar-refractivity contribution in [3.8, 4) is 22.0 Å². The van der Waals surface area contributed by atoms with Crippen LogP contribution in [0.2, 0.25) is 0 Å². The molecule has 1 amide bonds. The molecule has 1 N–H and O–H groups in total. The molecule has 138 valence electrons. The van der Waals surface area contributed by atoms with E-state index in [9.17, 15) is 9.59 Å². The van der Waals surface area contributed by atoms with Crippen LogP contribution < -0.4 is 0 Å². The lowest BCUT2D eigenvalue weighted by Crippen LogP contribution is -2.40. The van der Waals surface area contributed by atoms with E-state index in [-0.39, 0.29) is 11.8 Å². The molecule has 7 heteroatoms. The molecule has 0 unspecified atom stereocenters. The topological polar surface area (TPSA) is 83.6 Å². The average molecular weight is 382 g/mol. The van der Waals surface area contributed by atoms with Crippen LogP contribution in [0.15, 0.2) is 53.1 Å². The number of carboxylic acids is 1. The molecule has 0 spiro atoms. The summed E-state index contributed by atoms with van der Waals surface area (Å²) >= 11 is 1.31. The fraction of sp³-hybridized carbons (Fsp3) is 0.250. The van der Waals surface area contributed by atoms with Crippen molar-refractivity contribution in [2.75, 3.05) is 13.1 Å². The highest BCUT2D eigenvalue weighted by atomic mass is 32.1. The van der Waals surface area contributed by atoms with Gasteiger partial charge in [-0.25, -0.2) is 4.98 Å². The van der Waals surface area contributed by atoms with Crippen LogP contribution in [0, 0.1) is 5.92 Å². The van der Waals surface area contributed by atoms with E-state index in [0.29, 0.717) is 47.3 Å². The maximum Gasteiger partial charge on any atom is 0.306 e. The van der Waals surface area contributed by atoms with Crippen molar-refractivity contribution in [2.45, 2.75) is 12.8 Å². The van der Waals surface area contributed by atoms with Crippen LogP contribution in [0.5, 0.6) is 0 Å². The molecule has 2 aromatic heterocycles. The summed E-state index contributed by atoms with van der Waals surface area (Å²) < 4.78 is 5.45. The molecular weight excluding hydrogens is 364 g/mol. The first-order valence-electron chi connectivity index (χ1n) is 8.75. The molecule has 0 bridgehead atoms. The lowest BCUT2D eigenvalue weighted by atomic mass is 9.97. The van der Waals surface area contributed by atoms with Gasteiger partial charge >= 0.3 is 5.97 Å². The molecule has 1 saturated heterocycles. The summed E-state index contributed by atoms with van der Waals surface area (Å²) in [5.41, 5.74) is 1.51. The first-order chi connectivity index (χ1) is 13.1. The maximum atomic E-state index is 13.2. The van der Waals surface area contributed by atoms with Gasteiger partial charge in [-0.3, -0.25) is 9.59 Å². The minimum atomic E-state index is -0.787. The average Bonchev–Trinajstić information content (AvgIpc) is 3.38. The third-order valence-corrected chi connectivity index (χ3v) is 5.79. The van der Waals surface area contributed by atoms with Gasteiger partial charge in [0.15, 0.2) is 10.8 Å². The molecule has 1 aliphatic heterocycles. The van der Waals surface area contributed by atoms with Crippen LogP contribution in [-0.2, 0) is 4.79 Å². The van der Waals surface area contributed by atoms with Crippen LogP contribution in [0.25, 0.3) is 22.0 Å². The number of carboxylic acid groups (broad SMARTS) is 1. The highest BCUT2D eigenvalue weighted by Gasteiger charge is 2.30. The largest absolute Gasteiger partial charge is 0.481 e. The number of aromatic nitrogens is 1. The Labute approximate surface area is 160 Å². The second kappa shape index (κ2) is 7.36. The van der Waals surface area contributed by atoms with E-state index in [2.05, 4.69) is 4.98 Å². The fourth-order valence-electron chi connectivity index (χ4n) is 3.24. The number of rotatable bonds is 4. The van der Waals surface area contributed by atoms with Gasteiger partial charge in [-0.15, -0.1) is 11.3 Å². The van der Waals surface area contributed by atoms with Gasteiger partial charge in [-0.05, 0) is 25.0 Å². The SMILES string of the molecule is O=C(O)C1CCN(C(=O)c2sc(-c3ccco3)nc2-c2ccccc2)CC1. The molecule has 27 heavy (non-hydrogen) atoms. The minimum absolute atomic E-state index is 0.104. The number of piperidine rings is 1. The van der Waals surface area contributed by atoms with Crippen molar-refractivity contribution >= 4 is 23.2 Å². The lowest BCUT2D eigenvalue weighted by Gasteiger charge is -2.29. The Bertz CT molecular complexity index is 942. The van der Waals surface area contributed by atoms with Crippen molar-refractivity contribution in [1.82, 2.24) is 9.88 Å². The van der Waals surface area contributed by atoms with E-state index in [1.807, 2.05) is 36.4 Å². The summed E-state index contributed by atoms with van der Waals surface area (Å²) in [5, 5.41) is 9.82. The van der Waals surface area contributed by atoms with Crippen molar-refractivity contribution in [2.24, 2.45) is 5.92 Å². The van der Waals surface area contributed by atoms with E-state index in [1.54, 1.807) is 17.2 Å². The first kappa shape index (κ1) is 17.5. The second-order valence-corrected chi connectivity index (χ2v) is 7.44. The minimum Gasteiger partial charge on any atom is -0.481 e. The van der Waals surface area contributed by atoms with Gasteiger partial charge in [0.25, 0.3) is 5.91 Å². The molecule has 0 saturated carbocycles. The van der Waals surface area contributed by atoms with E-state index in [1.165, 1.54) is 11.3 Å². The Morgan fingerprint density at radius 2 is 1.85 bits per heavy atom. The van der Waals surface area contributed by atoms with Gasteiger partial charge in [-0.1, -0.05) is 30.3 Å². The number of furan rings is 1. The molecule has 1 aromatic carbocycles. The summed E-state index contributed by atoms with van der Waals surface area (Å²) in [6.07, 6.45) is 2.54. The summed E-state index contributed by atoms with van der Waals surface area (Å²) in [7, 11) is 0. The number of carbonyl (C=O) groups is 2.